The number of methoxy groups -OCH3 is 2. The van der Waals surface area contributed by atoms with Crippen LogP contribution in [0.4, 0.5) is 16.2 Å². The first-order valence-corrected chi connectivity index (χ1v) is 10.7. The Bertz CT molecular complexity index is 869. The lowest BCUT2D eigenvalue weighted by molar-refractivity contribution is -0.160. The summed E-state index contributed by atoms with van der Waals surface area (Å²) in [6, 6.07) is 4.69. The average Bonchev–Trinajstić information content (AvgIpc) is 2.74. The molecule has 1 aromatic rings. The van der Waals surface area contributed by atoms with E-state index in [-0.39, 0.29) is 18.4 Å². The highest BCUT2D eigenvalue weighted by molar-refractivity contribution is 6.18. The minimum absolute atomic E-state index is 0.120. The number of aliphatic hydroxyl groups excluding tert-OH is 1. The molecule has 0 saturated carbocycles. The summed E-state index contributed by atoms with van der Waals surface area (Å²) in [4.78, 5) is 48.6. The van der Waals surface area contributed by atoms with Crippen LogP contribution in [0, 0.1) is 12.8 Å². The SMILES string of the molecule is COC(=O)C(C(=O)Nc1cc(NC(=O)OC(C)CC(C)(C)OC(C)CO)ccc1C)C(=O)OC. The maximum Gasteiger partial charge on any atom is 0.411 e. The van der Waals surface area contributed by atoms with Gasteiger partial charge in [-0.3, -0.25) is 19.7 Å². The van der Waals surface area contributed by atoms with E-state index in [9.17, 15) is 19.2 Å². The van der Waals surface area contributed by atoms with E-state index in [0.717, 1.165) is 14.2 Å². The molecular formula is C23H34N2O9. The van der Waals surface area contributed by atoms with Crippen molar-refractivity contribution in [3.8, 4) is 0 Å². The molecule has 0 spiro atoms. The van der Waals surface area contributed by atoms with Crippen LogP contribution < -0.4 is 10.6 Å². The number of carbonyl (C=O) groups excluding carboxylic acids is 4. The molecule has 11 heteroatoms. The first-order valence-electron chi connectivity index (χ1n) is 10.7. The van der Waals surface area contributed by atoms with E-state index < -0.39 is 41.6 Å². The first-order chi connectivity index (χ1) is 15.8. The highest BCUT2D eigenvalue weighted by Crippen LogP contribution is 2.23. The van der Waals surface area contributed by atoms with E-state index in [0.29, 0.717) is 17.7 Å². The van der Waals surface area contributed by atoms with Gasteiger partial charge in [-0.05, 0) is 52.3 Å². The van der Waals surface area contributed by atoms with Crippen molar-refractivity contribution in [2.24, 2.45) is 5.92 Å². The summed E-state index contributed by atoms with van der Waals surface area (Å²) in [6.45, 7) is 8.71. The zero-order valence-corrected chi connectivity index (χ0v) is 20.6. The van der Waals surface area contributed by atoms with E-state index in [1.807, 2.05) is 13.8 Å². The van der Waals surface area contributed by atoms with E-state index in [4.69, 9.17) is 14.6 Å². The van der Waals surface area contributed by atoms with E-state index >= 15 is 0 Å². The molecule has 1 rings (SSSR count). The molecule has 0 fully saturated rings. The Hall–Kier alpha value is -3.18. The van der Waals surface area contributed by atoms with Crippen molar-refractivity contribution in [2.45, 2.75) is 58.8 Å². The normalized spacial score (nSPS) is 13.0. The molecule has 11 nitrogen and oxygen atoms in total. The number of hydrogen-bond acceptors (Lipinski definition) is 9. The molecule has 0 aromatic heterocycles. The fraction of sp³-hybridized carbons (Fsp3) is 0.565. The number of anilines is 2. The monoisotopic (exact) mass is 482 g/mol. The van der Waals surface area contributed by atoms with Crippen molar-refractivity contribution >= 4 is 35.3 Å². The predicted octanol–water partition coefficient (Wildman–Crippen LogP) is 2.40. The van der Waals surface area contributed by atoms with Gasteiger partial charge in [-0.25, -0.2) is 4.79 Å². The van der Waals surface area contributed by atoms with Gasteiger partial charge in [0.1, 0.15) is 6.10 Å². The molecule has 0 aliphatic heterocycles. The fourth-order valence-electron chi connectivity index (χ4n) is 3.28. The third kappa shape index (κ3) is 8.99. The molecule has 0 radical (unpaired) electrons. The maximum absolute atomic E-state index is 12.5. The van der Waals surface area contributed by atoms with Crippen molar-refractivity contribution in [1.29, 1.82) is 0 Å². The molecule has 0 saturated heterocycles. The Morgan fingerprint density at radius 1 is 1.00 bits per heavy atom. The summed E-state index contributed by atoms with van der Waals surface area (Å²) in [5.41, 5.74) is 0.571. The van der Waals surface area contributed by atoms with Crippen molar-refractivity contribution in [2.75, 3.05) is 31.5 Å². The molecule has 0 heterocycles. The summed E-state index contributed by atoms with van der Waals surface area (Å²) in [5.74, 6) is -4.85. The lowest BCUT2D eigenvalue weighted by Gasteiger charge is -2.30. The molecule has 3 N–H and O–H groups in total. The molecule has 2 atom stereocenters. The zero-order chi connectivity index (χ0) is 26.1. The summed E-state index contributed by atoms with van der Waals surface area (Å²) in [7, 11) is 2.10. The quantitative estimate of drug-likeness (QED) is 0.245. The van der Waals surface area contributed by atoms with Crippen LogP contribution in [0.5, 0.6) is 0 Å². The topological polar surface area (TPSA) is 149 Å². The predicted molar refractivity (Wildman–Crippen MR) is 123 cm³/mol. The third-order valence-corrected chi connectivity index (χ3v) is 4.74. The number of aliphatic hydroxyl groups is 1. The Morgan fingerprint density at radius 3 is 2.12 bits per heavy atom. The molecule has 190 valence electrons. The highest BCUT2D eigenvalue weighted by Gasteiger charge is 2.36. The standard InChI is InChI=1S/C23H34N2O9/c1-13-8-9-16(10-17(13)25-19(27)18(20(28)31-6)21(29)32-7)24-22(30)33-14(2)11-23(4,5)34-15(3)12-26/h8-10,14-15,18,26H,11-12H2,1-7H3,(H,24,30)(H,25,27). The molecule has 1 aromatic carbocycles. The Kier molecular flexibility index (Phi) is 10.9. The number of amides is 2. The highest BCUT2D eigenvalue weighted by atomic mass is 16.6. The number of rotatable bonds is 11. The Morgan fingerprint density at radius 2 is 1.59 bits per heavy atom. The van der Waals surface area contributed by atoms with Gasteiger partial charge in [-0.1, -0.05) is 6.07 Å². The molecule has 2 unspecified atom stereocenters. The molecule has 34 heavy (non-hydrogen) atoms. The number of hydrogen-bond donors (Lipinski definition) is 3. The molecular weight excluding hydrogens is 448 g/mol. The van der Waals surface area contributed by atoms with Crippen LogP contribution in [-0.4, -0.2) is 67.7 Å². The van der Waals surface area contributed by atoms with Crippen molar-refractivity contribution < 1.29 is 43.2 Å². The maximum atomic E-state index is 12.5. The van der Waals surface area contributed by atoms with Crippen LogP contribution >= 0.6 is 0 Å². The second kappa shape index (κ2) is 12.9. The number of ether oxygens (including phenoxy) is 4. The summed E-state index contributed by atoms with van der Waals surface area (Å²) < 4.78 is 20.1. The second-order valence-electron chi connectivity index (χ2n) is 8.41. The number of benzene rings is 1. The van der Waals surface area contributed by atoms with Crippen molar-refractivity contribution in [3.63, 3.8) is 0 Å². The van der Waals surface area contributed by atoms with Crippen LogP contribution in [-0.2, 0) is 33.3 Å². The largest absolute Gasteiger partial charge is 0.468 e. The summed E-state index contributed by atoms with van der Waals surface area (Å²) in [5, 5.41) is 14.2. The van der Waals surface area contributed by atoms with E-state index in [1.165, 1.54) is 6.07 Å². The Labute approximate surface area is 199 Å². The molecule has 0 bridgehead atoms. The number of nitrogens with one attached hydrogen (secondary N) is 2. The molecule has 0 aliphatic rings. The number of aryl methyl sites for hydroxylation is 1. The smallest absolute Gasteiger partial charge is 0.411 e. The number of esters is 2. The first kappa shape index (κ1) is 28.9. The minimum atomic E-state index is -1.80. The van der Waals surface area contributed by atoms with Gasteiger partial charge in [0.25, 0.3) is 0 Å². The van der Waals surface area contributed by atoms with Crippen LogP contribution in [0.25, 0.3) is 0 Å². The molecule has 0 aliphatic carbocycles. The average molecular weight is 483 g/mol. The second-order valence-corrected chi connectivity index (χ2v) is 8.41. The van der Waals surface area contributed by atoms with Gasteiger partial charge in [0.05, 0.1) is 32.5 Å². The lowest BCUT2D eigenvalue weighted by atomic mass is 10.0. The Balaban J connectivity index is 2.84. The van der Waals surface area contributed by atoms with Crippen LogP contribution in [0.1, 0.15) is 39.7 Å². The van der Waals surface area contributed by atoms with Gasteiger partial charge in [0.15, 0.2) is 0 Å². The van der Waals surface area contributed by atoms with Gasteiger partial charge in [-0.15, -0.1) is 0 Å². The van der Waals surface area contributed by atoms with Gasteiger partial charge in [0.2, 0.25) is 11.8 Å². The van der Waals surface area contributed by atoms with E-state index in [1.54, 1.807) is 32.9 Å². The summed E-state index contributed by atoms with van der Waals surface area (Å²) in [6.07, 6.45) is -1.18. The van der Waals surface area contributed by atoms with Gasteiger partial charge in [0, 0.05) is 17.8 Å². The number of carbonyl (C=O) groups is 4. The van der Waals surface area contributed by atoms with Gasteiger partial charge >= 0.3 is 18.0 Å². The molecule has 2 amide bonds. The van der Waals surface area contributed by atoms with Crippen molar-refractivity contribution in [1.82, 2.24) is 0 Å². The zero-order valence-electron chi connectivity index (χ0n) is 20.6. The van der Waals surface area contributed by atoms with Crippen LogP contribution in [0.3, 0.4) is 0 Å². The van der Waals surface area contributed by atoms with Gasteiger partial charge in [-0.2, -0.15) is 0 Å². The minimum Gasteiger partial charge on any atom is -0.468 e. The third-order valence-electron chi connectivity index (χ3n) is 4.74. The van der Waals surface area contributed by atoms with Crippen LogP contribution in [0.15, 0.2) is 18.2 Å². The fourth-order valence-corrected chi connectivity index (χ4v) is 3.28. The summed E-state index contributed by atoms with van der Waals surface area (Å²) >= 11 is 0. The van der Waals surface area contributed by atoms with Gasteiger partial charge < -0.3 is 29.4 Å². The van der Waals surface area contributed by atoms with E-state index in [2.05, 4.69) is 20.1 Å². The lowest BCUT2D eigenvalue weighted by Crippen LogP contribution is -2.37. The van der Waals surface area contributed by atoms with Crippen LogP contribution in [0.2, 0.25) is 0 Å². The van der Waals surface area contributed by atoms with Crippen molar-refractivity contribution in [3.05, 3.63) is 23.8 Å².